The van der Waals surface area contributed by atoms with Gasteiger partial charge in [0, 0.05) is 12.1 Å². The summed E-state index contributed by atoms with van der Waals surface area (Å²) in [4.78, 5) is 11.1. The molecular weight excluding hydrogens is 158 g/mol. The average molecular weight is 173 g/mol. The van der Waals surface area contributed by atoms with Crippen LogP contribution in [0.5, 0.6) is 0 Å². The van der Waals surface area contributed by atoms with E-state index >= 15 is 0 Å². The number of carbonyl (C=O) groups excluding carboxylic acids is 1. The molecule has 0 aliphatic carbocycles. The van der Waals surface area contributed by atoms with Crippen LogP contribution >= 0.6 is 0 Å². The second kappa shape index (κ2) is 4.90. The molecule has 0 aliphatic heterocycles. The molecule has 0 rings (SSSR count). The summed E-state index contributed by atoms with van der Waals surface area (Å²) in [5.74, 6) is -0.315. The van der Waals surface area contributed by atoms with Crippen LogP contribution in [0.15, 0.2) is 11.3 Å². The molecule has 4 heteroatoms. The fraction of sp³-hybridized carbons (Fsp3) is 0.625. The number of rotatable bonds is 4. The van der Waals surface area contributed by atoms with E-state index in [1.165, 1.54) is 0 Å². The smallest absolute Gasteiger partial charge is 0.183 e. The number of aliphatic hydroxyl groups is 2. The molecule has 0 saturated carbocycles. The molecule has 0 heterocycles. The Kier molecular flexibility index (Phi) is 4.54. The minimum Gasteiger partial charge on any atom is -0.402 e. The summed E-state index contributed by atoms with van der Waals surface area (Å²) in [6.07, 6.45) is -1.08. The van der Waals surface area contributed by atoms with Crippen LogP contribution in [0, 0.1) is 0 Å². The summed E-state index contributed by atoms with van der Waals surface area (Å²) >= 11 is 0. The Morgan fingerprint density at radius 2 is 1.83 bits per heavy atom. The SMILES string of the molecule is CCC(=O)C(=C(N)CC)C(O)O. The number of ketones is 1. The standard InChI is InChI=1S/C8H15NO3/c1-3-5(9)7(8(11)12)6(10)4-2/h8,11-12H,3-4,9H2,1-2H3. The van der Waals surface area contributed by atoms with Gasteiger partial charge in [0.15, 0.2) is 12.1 Å². The van der Waals surface area contributed by atoms with Gasteiger partial charge in [-0.3, -0.25) is 4.79 Å². The third kappa shape index (κ3) is 2.64. The summed E-state index contributed by atoms with van der Waals surface area (Å²) in [5, 5.41) is 17.6. The van der Waals surface area contributed by atoms with Crippen molar-refractivity contribution in [2.45, 2.75) is 33.0 Å². The Labute approximate surface area is 71.7 Å². The number of carbonyl (C=O) groups is 1. The Morgan fingerprint density at radius 1 is 1.33 bits per heavy atom. The lowest BCUT2D eigenvalue weighted by Crippen LogP contribution is -2.21. The Bertz CT molecular complexity index is 196. The van der Waals surface area contributed by atoms with Gasteiger partial charge in [0.1, 0.15) is 0 Å². The van der Waals surface area contributed by atoms with Crippen molar-refractivity contribution in [2.75, 3.05) is 0 Å². The van der Waals surface area contributed by atoms with Gasteiger partial charge in [0.25, 0.3) is 0 Å². The van der Waals surface area contributed by atoms with E-state index in [4.69, 9.17) is 15.9 Å². The first-order valence-corrected chi connectivity index (χ1v) is 3.92. The number of hydrogen-bond acceptors (Lipinski definition) is 4. The largest absolute Gasteiger partial charge is 0.402 e. The van der Waals surface area contributed by atoms with Gasteiger partial charge in [-0.2, -0.15) is 0 Å². The van der Waals surface area contributed by atoms with Crippen molar-refractivity contribution in [1.82, 2.24) is 0 Å². The number of hydrogen-bond donors (Lipinski definition) is 3. The lowest BCUT2D eigenvalue weighted by molar-refractivity contribution is -0.119. The van der Waals surface area contributed by atoms with Crippen LogP contribution in [0.1, 0.15) is 26.7 Å². The van der Waals surface area contributed by atoms with Crippen molar-refractivity contribution >= 4 is 5.78 Å². The average Bonchev–Trinajstić information content (AvgIpc) is 2.03. The maximum absolute atomic E-state index is 11.1. The lowest BCUT2D eigenvalue weighted by atomic mass is 10.1. The maximum atomic E-state index is 11.1. The van der Waals surface area contributed by atoms with Crippen LogP contribution in [-0.4, -0.2) is 22.3 Å². The molecule has 0 aromatic heterocycles. The fourth-order valence-electron chi connectivity index (χ4n) is 0.870. The number of nitrogens with two attached hydrogens (primary N) is 1. The highest BCUT2D eigenvalue weighted by atomic mass is 16.5. The van der Waals surface area contributed by atoms with E-state index in [2.05, 4.69) is 0 Å². The molecule has 0 radical (unpaired) electrons. The van der Waals surface area contributed by atoms with Crippen LogP contribution in [0.2, 0.25) is 0 Å². The third-order valence-electron chi connectivity index (χ3n) is 1.61. The van der Waals surface area contributed by atoms with Crippen molar-refractivity contribution in [2.24, 2.45) is 5.73 Å². The number of Topliss-reactive ketones (excluding diaryl/α,β-unsaturated/α-hetero) is 1. The third-order valence-corrected chi connectivity index (χ3v) is 1.61. The summed E-state index contributed by atoms with van der Waals surface area (Å²) in [5.41, 5.74) is 5.61. The highest BCUT2D eigenvalue weighted by Gasteiger charge is 2.17. The molecule has 0 aromatic rings. The van der Waals surface area contributed by atoms with E-state index in [-0.39, 0.29) is 23.5 Å². The second-order valence-corrected chi connectivity index (χ2v) is 2.44. The molecule has 0 saturated heterocycles. The van der Waals surface area contributed by atoms with Gasteiger partial charge in [-0.1, -0.05) is 13.8 Å². The molecule has 0 bridgehead atoms. The van der Waals surface area contributed by atoms with Crippen LogP contribution in [-0.2, 0) is 4.79 Å². The summed E-state index contributed by atoms with van der Waals surface area (Å²) in [6, 6.07) is 0. The predicted octanol–water partition coefficient (Wildman–Crippen LogP) is -0.101. The lowest BCUT2D eigenvalue weighted by Gasteiger charge is -2.10. The van der Waals surface area contributed by atoms with Crippen LogP contribution in [0.25, 0.3) is 0 Å². The minimum absolute atomic E-state index is 0.0694. The van der Waals surface area contributed by atoms with Gasteiger partial charge >= 0.3 is 0 Å². The van der Waals surface area contributed by atoms with Crippen molar-refractivity contribution in [3.8, 4) is 0 Å². The molecule has 0 unspecified atom stereocenters. The maximum Gasteiger partial charge on any atom is 0.183 e. The van der Waals surface area contributed by atoms with Gasteiger partial charge in [-0.25, -0.2) is 0 Å². The molecule has 0 amide bonds. The van der Waals surface area contributed by atoms with E-state index in [9.17, 15) is 4.79 Å². The molecule has 12 heavy (non-hydrogen) atoms. The van der Waals surface area contributed by atoms with Crippen LogP contribution in [0.4, 0.5) is 0 Å². The van der Waals surface area contributed by atoms with Crippen LogP contribution in [0.3, 0.4) is 0 Å². The monoisotopic (exact) mass is 173 g/mol. The van der Waals surface area contributed by atoms with Gasteiger partial charge < -0.3 is 15.9 Å². The molecule has 0 atom stereocenters. The van der Waals surface area contributed by atoms with E-state index in [0.29, 0.717) is 6.42 Å². The molecule has 0 spiro atoms. The number of allylic oxidation sites excluding steroid dienone is 1. The molecule has 4 nitrogen and oxygen atoms in total. The molecule has 4 N–H and O–H groups in total. The quantitative estimate of drug-likeness (QED) is 0.409. The first kappa shape index (κ1) is 11.1. The highest BCUT2D eigenvalue weighted by molar-refractivity contribution is 5.96. The summed E-state index contributed by atoms with van der Waals surface area (Å²) in [7, 11) is 0. The Balaban J connectivity index is 4.78. The van der Waals surface area contributed by atoms with E-state index < -0.39 is 6.29 Å². The first-order chi connectivity index (χ1) is 5.54. The zero-order chi connectivity index (χ0) is 9.72. The highest BCUT2D eigenvalue weighted by Crippen LogP contribution is 2.09. The van der Waals surface area contributed by atoms with Crippen LogP contribution < -0.4 is 5.73 Å². The fourth-order valence-corrected chi connectivity index (χ4v) is 0.870. The Hall–Kier alpha value is -0.870. The van der Waals surface area contributed by atoms with Gasteiger partial charge in [0.05, 0.1) is 5.57 Å². The zero-order valence-corrected chi connectivity index (χ0v) is 7.37. The van der Waals surface area contributed by atoms with Crippen molar-refractivity contribution in [3.63, 3.8) is 0 Å². The van der Waals surface area contributed by atoms with E-state index in [0.717, 1.165) is 0 Å². The molecule has 0 aromatic carbocycles. The van der Waals surface area contributed by atoms with Crippen molar-refractivity contribution in [1.29, 1.82) is 0 Å². The van der Waals surface area contributed by atoms with Gasteiger partial charge in [-0.05, 0) is 6.42 Å². The van der Waals surface area contributed by atoms with Gasteiger partial charge in [-0.15, -0.1) is 0 Å². The summed E-state index contributed by atoms with van der Waals surface area (Å²) < 4.78 is 0. The second-order valence-electron chi connectivity index (χ2n) is 2.44. The minimum atomic E-state index is -1.75. The predicted molar refractivity (Wildman–Crippen MR) is 45.0 cm³/mol. The molecule has 0 fully saturated rings. The molecular formula is C8H15NO3. The first-order valence-electron chi connectivity index (χ1n) is 3.92. The van der Waals surface area contributed by atoms with E-state index in [1.54, 1.807) is 13.8 Å². The molecule has 70 valence electrons. The van der Waals surface area contributed by atoms with E-state index in [1.807, 2.05) is 0 Å². The van der Waals surface area contributed by atoms with Crippen molar-refractivity contribution in [3.05, 3.63) is 11.3 Å². The zero-order valence-electron chi connectivity index (χ0n) is 7.37. The van der Waals surface area contributed by atoms with Crippen molar-refractivity contribution < 1.29 is 15.0 Å². The topological polar surface area (TPSA) is 83.6 Å². The normalized spacial score (nSPS) is 13.1. The summed E-state index contributed by atoms with van der Waals surface area (Å²) in [6.45, 7) is 3.40. The number of aliphatic hydroxyl groups excluding tert-OH is 1. The molecule has 0 aliphatic rings. The van der Waals surface area contributed by atoms with Gasteiger partial charge in [0.2, 0.25) is 0 Å². The Morgan fingerprint density at radius 3 is 2.08 bits per heavy atom.